The van der Waals surface area contributed by atoms with Gasteiger partial charge in [0, 0.05) is 4.47 Å². The molecule has 0 spiro atoms. The monoisotopic (exact) mass is 331 g/mol. The van der Waals surface area contributed by atoms with Crippen LogP contribution < -0.4 is 0 Å². The van der Waals surface area contributed by atoms with E-state index < -0.39 is 0 Å². The van der Waals surface area contributed by atoms with E-state index in [9.17, 15) is 4.79 Å². The minimum atomic E-state index is -0.331. The molecule has 0 saturated heterocycles. The molecule has 102 valence electrons. The van der Waals surface area contributed by atoms with E-state index in [1.165, 1.54) is 6.21 Å². The van der Waals surface area contributed by atoms with Gasteiger partial charge in [-0.2, -0.15) is 0 Å². The summed E-state index contributed by atoms with van der Waals surface area (Å²) in [5, 5.41) is 3.69. The van der Waals surface area contributed by atoms with Crippen LogP contribution in [0.15, 0.2) is 64.2 Å². The van der Waals surface area contributed by atoms with E-state index >= 15 is 0 Å². The Morgan fingerprint density at radius 2 is 1.80 bits per heavy atom. The Labute approximate surface area is 126 Å². The Kier molecular flexibility index (Phi) is 5.50. The number of halogens is 1. The largest absolute Gasteiger partial charge is 0.335 e. The molecule has 0 aliphatic carbocycles. The van der Waals surface area contributed by atoms with Gasteiger partial charge in [0.2, 0.25) is 0 Å². The molecule has 2 rings (SSSR count). The van der Waals surface area contributed by atoms with E-state index in [0.717, 1.165) is 15.6 Å². The summed E-state index contributed by atoms with van der Waals surface area (Å²) >= 11 is 3.35. The van der Waals surface area contributed by atoms with Crippen molar-refractivity contribution in [2.75, 3.05) is 0 Å². The van der Waals surface area contributed by atoms with Crippen LogP contribution in [-0.4, -0.2) is 12.2 Å². The highest BCUT2D eigenvalue weighted by atomic mass is 79.9. The fraction of sp³-hybridized carbons (Fsp3) is 0.125. The molecule has 20 heavy (non-hydrogen) atoms. The highest BCUT2D eigenvalue weighted by Crippen LogP contribution is 2.09. The number of carbonyl (C=O) groups excluding carboxylic acids is 1. The maximum atomic E-state index is 11.5. The lowest BCUT2D eigenvalue weighted by Gasteiger charge is -1.99. The molecule has 0 aliphatic heterocycles. The first-order valence-corrected chi connectivity index (χ1v) is 7.06. The van der Waals surface area contributed by atoms with Gasteiger partial charge in [-0.15, -0.1) is 0 Å². The molecule has 3 nitrogen and oxygen atoms in total. The summed E-state index contributed by atoms with van der Waals surface area (Å²) in [6.07, 6.45) is 2.50. The summed E-state index contributed by atoms with van der Waals surface area (Å²) in [5.41, 5.74) is 1.99. The molecular weight excluding hydrogens is 318 g/mol. The molecule has 0 amide bonds. The Bertz CT molecular complexity index is 579. The maximum absolute atomic E-state index is 11.5. The average Bonchev–Trinajstić information content (AvgIpc) is 2.48. The van der Waals surface area contributed by atoms with Crippen LogP contribution in [0.5, 0.6) is 0 Å². The molecule has 2 aromatic carbocycles. The number of nitrogens with zero attached hydrogens (tertiary/aromatic N) is 1. The Balaban J connectivity index is 1.76. The third kappa shape index (κ3) is 4.97. The molecule has 0 radical (unpaired) electrons. The van der Waals surface area contributed by atoms with Crippen molar-refractivity contribution >= 4 is 28.1 Å². The molecule has 0 aromatic heterocycles. The van der Waals surface area contributed by atoms with E-state index in [2.05, 4.69) is 21.1 Å². The summed E-state index contributed by atoms with van der Waals surface area (Å²) in [7, 11) is 0. The van der Waals surface area contributed by atoms with Crippen LogP contribution in [0.2, 0.25) is 0 Å². The smallest absolute Gasteiger partial charge is 0.318 e. The van der Waals surface area contributed by atoms with Crippen molar-refractivity contribution in [2.45, 2.75) is 12.8 Å². The fourth-order valence-corrected chi connectivity index (χ4v) is 1.90. The highest BCUT2D eigenvalue weighted by molar-refractivity contribution is 9.10. The van der Waals surface area contributed by atoms with Crippen LogP contribution in [0.25, 0.3) is 0 Å². The van der Waals surface area contributed by atoms with Gasteiger partial charge in [-0.25, -0.2) is 4.79 Å². The van der Waals surface area contributed by atoms with Gasteiger partial charge >= 0.3 is 5.97 Å². The first-order valence-electron chi connectivity index (χ1n) is 6.27. The molecule has 2 aromatic rings. The quantitative estimate of drug-likeness (QED) is 0.472. The molecular formula is C16H14BrNO2. The first-order chi connectivity index (χ1) is 9.74. The number of benzene rings is 2. The fourth-order valence-electron chi connectivity index (χ4n) is 1.63. The number of oxime groups is 1. The molecule has 0 heterocycles. The molecule has 0 aliphatic rings. The van der Waals surface area contributed by atoms with Gasteiger partial charge in [-0.3, -0.25) is 0 Å². The second kappa shape index (κ2) is 7.60. The lowest BCUT2D eigenvalue weighted by atomic mass is 10.1. The van der Waals surface area contributed by atoms with Gasteiger partial charge < -0.3 is 4.84 Å². The summed E-state index contributed by atoms with van der Waals surface area (Å²) < 4.78 is 0.995. The summed E-state index contributed by atoms with van der Waals surface area (Å²) in [6.45, 7) is 0. The van der Waals surface area contributed by atoms with E-state index in [4.69, 9.17) is 4.84 Å². The minimum Gasteiger partial charge on any atom is -0.318 e. The molecule has 0 N–H and O–H groups in total. The van der Waals surface area contributed by atoms with Crippen molar-refractivity contribution < 1.29 is 9.63 Å². The van der Waals surface area contributed by atoms with Crippen LogP contribution >= 0.6 is 15.9 Å². The van der Waals surface area contributed by atoms with Crippen LogP contribution in [0, 0.1) is 0 Å². The summed E-state index contributed by atoms with van der Waals surface area (Å²) in [5.74, 6) is -0.331. The standard InChI is InChI=1S/C16H14BrNO2/c17-15-9-6-14(7-10-15)12-18-20-16(19)11-8-13-4-2-1-3-5-13/h1-7,9-10,12H,8,11H2/b18-12+. The van der Waals surface area contributed by atoms with E-state index in [1.54, 1.807) is 0 Å². The van der Waals surface area contributed by atoms with Crippen molar-refractivity contribution in [3.63, 3.8) is 0 Å². The van der Waals surface area contributed by atoms with Crippen LogP contribution in [0.1, 0.15) is 17.5 Å². The van der Waals surface area contributed by atoms with E-state index in [1.807, 2.05) is 54.6 Å². The highest BCUT2D eigenvalue weighted by Gasteiger charge is 2.02. The SMILES string of the molecule is O=C(CCc1ccccc1)O/N=C/c1ccc(Br)cc1. The number of hydrogen-bond donors (Lipinski definition) is 0. The molecule has 0 saturated carbocycles. The van der Waals surface area contributed by atoms with E-state index in [0.29, 0.717) is 12.8 Å². The van der Waals surface area contributed by atoms with E-state index in [-0.39, 0.29) is 5.97 Å². The van der Waals surface area contributed by atoms with Gasteiger partial charge in [-0.1, -0.05) is 63.6 Å². The van der Waals surface area contributed by atoms with Crippen LogP contribution in [0.3, 0.4) is 0 Å². The molecule has 0 bridgehead atoms. The van der Waals surface area contributed by atoms with Crippen molar-refractivity contribution in [2.24, 2.45) is 5.16 Å². The topological polar surface area (TPSA) is 38.7 Å². The first kappa shape index (κ1) is 14.5. The Hall–Kier alpha value is -1.94. The molecule has 0 fully saturated rings. The van der Waals surface area contributed by atoms with Crippen LogP contribution in [0.4, 0.5) is 0 Å². The molecule has 4 heteroatoms. The van der Waals surface area contributed by atoms with Gasteiger partial charge in [0.25, 0.3) is 0 Å². The second-order valence-corrected chi connectivity index (χ2v) is 5.15. The third-order valence-corrected chi connectivity index (χ3v) is 3.22. The number of rotatable bonds is 5. The number of hydrogen-bond acceptors (Lipinski definition) is 3. The van der Waals surface area contributed by atoms with Gasteiger partial charge in [-0.05, 0) is 29.7 Å². The van der Waals surface area contributed by atoms with Crippen LogP contribution in [-0.2, 0) is 16.1 Å². The minimum absolute atomic E-state index is 0.321. The lowest BCUT2D eigenvalue weighted by Crippen LogP contribution is -2.02. The zero-order valence-electron chi connectivity index (χ0n) is 10.8. The second-order valence-electron chi connectivity index (χ2n) is 4.23. The predicted molar refractivity (Wildman–Crippen MR) is 82.6 cm³/mol. The average molecular weight is 332 g/mol. The zero-order valence-corrected chi connectivity index (χ0v) is 12.4. The number of carbonyl (C=O) groups is 1. The lowest BCUT2D eigenvalue weighted by molar-refractivity contribution is -0.143. The van der Waals surface area contributed by atoms with Gasteiger partial charge in [0.1, 0.15) is 0 Å². The van der Waals surface area contributed by atoms with Crippen molar-refractivity contribution in [3.8, 4) is 0 Å². The summed E-state index contributed by atoms with van der Waals surface area (Å²) in [4.78, 5) is 16.3. The molecule has 0 atom stereocenters. The van der Waals surface area contributed by atoms with Crippen molar-refractivity contribution in [3.05, 3.63) is 70.2 Å². The molecule has 0 unspecified atom stereocenters. The maximum Gasteiger partial charge on any atom is 0.335 e. The Morgan fingerprint density at radius 3 is 2.50 bits per heavy atom. The third-order valence-electron chi connectivity index (χ3n) is 2.69. The summed E-state index contributed by atoms with van der Waals surface area (Å²) in [6, 6.07) is 17.4. The number of aryl methyl sites for hydroxylation is 1. The van der Waals surface area contributed by atoms with Gasteiger partial charge in [0.05, 0.1) is 12.6 Å². The van der Waals surface area contributed by atoms with Crippen molar-refractivity contribution in [1.82, 2.24) is 0 Å². The predicted octanol–water partition coefficient (Wildman–Crippen LogP) is 3.96. The van der Waals surface area contributed by atoms with Gasteiger partial charge in [0.15, 0.2) is 0 Å². The normalized spacial score (nSPS) is 10.7. The van der Waals surface area contributed by atoms with Crippen molar-refractivity contribution in [1.29, 1.82) is 0 Å². The Morgan fingerprint density at radius 1 is 1.10 bits per heavy atom. The zero-order chi connectivity index (χ0) is 14.2.